The molecular formula is C16H19ClN2O2. The number of aryl methyl sites for hydroxylation is 1. The highest BCUT2D eigenvalue weighted by Crippen LogP contribution is 2.31. The number of hydrogen-bond acceptors (Lipinski definition) is 2. The summed E-state index contributed by atoms with van der Waals surface area (Å²) in [4.78, 5) is 23.8. The monoisotopic (exact) mass is 306 g/mol. The first-order valence-corrected chi connectivity index (χ1v) is 7.89. The molecule has 21 heavy (non-hydrogen) atoms. The molecule has 0 spiro atoms. The van der Waals surface area contributed by atoms with Crippen LogP contribution in [0.25, 0.3) is 0 Å². The van der Waals surface area contributed by atoms with Crippen LogP contribution in [0.4, 0.5) is 0 Å². The molecule has 1 aromatic carbocycles. The molecule has 0 aromatic heterocycles. The van der Waals surface area contributed by atoms with Crippen molar-refractivity contribution in [2.45, 2.75) is 50.6 Å². The summed E-state index contributed by atoms with van der Waals surface area (Å²) in [6.45, 7) is 0. The minimum absolute atomic E-state index is 0.00113. The molecule has 4 nitrogen and oxygen atoms in total. The first kappa shape index (κ1) is 14.4. The van der Waals surface area contributed by atoms with Crippen LogP contribution >= 0.6 is 11.6 Å². The Labute approximate surface area is 129 Å². The summed E-state index contributed by atoms with van der Waals surface area (Å²) < 4.78 is 0. The molecule has 0 saturated carbocycles. The molecule has 1 aromatic rings. The molecule has 0 radical (unpaired) electrons. The van der Waals surface area contributed by atoms with E-state index >= 15 is 0 Å². The van der Waals surface area contributed by atoms with E-state index < -0.39 is 6.04 Å². The molecule has 112 valence electrons. The summed E-state index contributed by atoms with van der Waals surface area (Å²) in [6.07, 6.45) is 5.00. The molecule has 0 unspecified atom stereocenters. The van der Waals surface area contributed by atoms with Crippen LogP contribution in [0.2, 0.25) is 5.02 Å². The van der Waals surface area contributed by atoms with E-state index in [1.54, 1.807) is 0 Å². The number of amides is 2. The number of halogens is 1. The van der Waals surface area contributed by atoms with E-state index in [9.17, 15) is 9.59 Å². The second-order valence-corrected chi connectivity index (χ2v) is 6.25. The molecule has 3 rings (SSSR count). The van der Waals surface area contributed by atoms with Crippen LogP contribution < -0.4 is 10.6 Å². The topological polar surface area (TPSA) is 58.2 Å². The zero-order valence-corrected chi connectivity index (χ0v) is 12.6. The second kappa shape index (κ2) is 6.06. The third kappa shape index (κ3) is 3.21. The van der Waals surface area contributed by atoms with E-state index in [0.717, 1.165) is 31.2 Å². The lowest BCUT2D eigenvalue weighted by Crippen LogP contribution is -2.50. The van der Waals surface area contributed by atoms with Crippen molar-refractivity contribution < 1.29 is 9.59 Å². The van der Waals surface area contributed by atoms with Crippen LogP contribution in [0.5, 0.6) is 0 Å². The average Bonchev–Trinajstić information content (AvgIpc) is 2.48. The Kier molecular flexibility index (Phi) is 4.15. The van der Waals surface area contributed by atoms with Gasteiger partial charge in [-0.3, -0.25) is 9.59 Å². The van der Waals surface area contributed by atoms with Gasteiger partial charge >= 0.3 is 0 Å². The van der Waals surface area contributed by atoms with Crippen molar-refractivity contribution in [2.24, 2.45) is 0 Å². The van der Waals surface area contributed by atoms with Gasteiger partial charge in [-0.2, -0.15) is 0 Å². The van der Waals surface area contributed by atoms with Gasteiger partial charge in [0.1, 0.15) is 6.04 Å². The SMILES string of the molecule is O=C1CCC[C@H](C(=O)N[C@@H]2CCCc3ccc(Cl)cc32)N1. The fourth-order valence-corrected chi connectivity index (χ4v) is 3.37. The predicted molar refractivity (Wildman–Crippen MR) is 81.1 cm³/mol. The number of fused-ring (bicyclic) bond motifs is 1. The Bertz CT molecular complexity index is 573. The maximum Gasteiger partial charge on any atom is 0.243 e. The Balaban J connectivity index is 1.72. The molecule has 1 aliphatic heterocycles. The van der Waals surface area contributed by atoms with E-state index in [-0.39, 0.29) is 17.9 Å². The number of benzene rings is 1. The normalized spacial score (nSPS) is 24.9. The maximum absolute atomic E-state index is 12.3. The maximum atomic E-state index is 12.3. The summed E-state index contributed by atoms with van der Waals surface area (Å²) >= 11 is 6.08. The van der Waals surface area contributed by atoms with Crippen LogP contribution in [0.15, 0.2) is 18.2 Å². The quantitative estimate of drug-likeness (QED) is 0.882. The molecule has 2 atom stereocenters. The number of rotatable bonds is 2. The van der Waals surface area contributed by atoms with Crippen molar-refractivity contribution in [1.29, 1.82) is 0 Å². The van der Waals surface area contributed by atoms with E-state index in [2.05, 4.69) is 10.6 Å². The summed E-state index contributed by atoms with van der Waals surface area (Å²) in [5.41, 5.74) is 2.37. The summed E-state index contributed by atoms with van der Waals surface area (Å²) in [6, 6.07) is 5.49. The number of carbonyl (C=O) groups excluding carboxylic acids is 2. The summed E-state index contributed by atoms with van der Waals surface area (Å²) in [7, 11) is 0. The number of carbonyl (C=O) groups is 2. The van der Waals surface area contributed by atoms with E-state index in [1.165, 1.54) is 5.56 Å². The van der Waals surface area contributed by atoms with Crippen LogP contribution in [-0.2, 0) is 16.0 Å². The smallest absolute Gasteiger partial charge is 0.243 e. The van der Waals surface area contributed by atoms with Crippen molar-refractivity contribution in [1.82, 2.24) is 10.6 Å². The largest absolute Gasteiger partial charge is 0.348 e. The lowest BCUT2D eigenvalue weighted by Gasteiger charge is -2.29. The molecule has 1 saturated heterocycles. The predicted octanol–water partition coefficient (Wildman–Crippen LogP) is 2.50. The Morgan fingerprint density at radius 1 is 1.24 bits per heavy atom. The minimum atomic E-state index is -0.393. The second-order valence-electron chi connectivity index (χ2n) is 5.81. The van der Waals surface area contributed by atoms with Gasteiger partial charge in [-0.25, -0.2) is 0 Å². The van der Waals surface area contributed by atoms with E-state index in [1.807, 2.05) is 18.2 Å². The molecular weight excluding hydrogens is 288 g/mol. The van der Waals surface area contributed by atoms with E-state index in [4.69, 9.17) is 11.6 Å². The van der Waals surface area contributed by atoms with Crippen LogP contribution in [0.3, 0.4) is 0 Å². The Morgan fingerprint density at radius 3 is 2.86 bits per heavy atom. The van der Waals surface area contributed by atoms with Gasteiger partial charge in [0.05, 0.1) is 6.04 Å². The molecule has 1 heterocycles. The first-order valence-electron chi connectivity index (χ1n) is 7.51. The first-order chi connectivity index (χ1) is 10.1. The van der Waals surface area contributed by atoms with Gasteiger partial charge in [-0.15, -0.1) is 0 Å². The summed E-state index contributed by atoms with van der Waals surface area (Å²) in [5, 5.41) is 6.54. The Hall–Kier alpha value is -1.55. The minimum Gasteiger partial charge on any atom is -0.348 e. The van der Waals surface area contributed by atoms with Gasteiger partial charge in [0, 0.05) is 11.4 Å². The van der Waals surface area contributed by atoms with Crippen molar-refractivity contribution in [3.8, 4) is 0 Å². The third-order valence-corrected chi connectivity index (χ3v) is 4.52. The van der Waals surface area contributed by atoms with Gasteiger partial charge < -0.3 is 10.6 Å². The third-order valence-electron chi connectivity index (χ3n) is 4.29. The van der Waals surface area contributed by atoms with Crippen LogP contribution in [0, 0.1) is 0 Å². The highest BCUT2D eigenvalue weighted by molar-refractivity contribution is 6.30. The molecule has 5 heteroatoms. The number of piperidine rings is 1. The van der Waals surface area contributed by atoms with Crippen molar-refractivity contribution in [3.63, 3.8) is 0 Å². The molecule has 2 N–H and O–H groups in total. The zero-order chi connectivity index (χ0) is 14.8. The van der Waals surface area contributed by atoms with Gasteiger partial charge in [-0.05, 0) is 55.4 Å². The lowest BCUT2D eigenvalue weighted by atomic mass is 9.87. The van der Waals surface area contributed by atoms with Gasteiger partial charge in [-0.1, -0.05) is 17.7 Å². The van der Waals surface area contributed by atoms with Crippen LogP contribution in [0.1, 0.15) is 49.3 Å². The van der Waals surface area contributed by atoms with Crippen LogP contribution in [-0.4, -0.2) is 17.9 Å². The zero-order valence-electron chi connectivity index (χ0n) is 11.8. The average molecular weight is 307 g/mol. The molecule has 0 bridgehead atoms. The number of nitrogens with one attached hydrogen (secondary N) is 2. The number of hydrogen-bond donors (Lipinski definition) is 2. The lowest BCUT2D eigenvalue weighted by molar-refractivity contribution is -0.131. The molecule has 1 aliphatic carbocycles. The van der Waals surface area contributed by atoms with Gasteiger partial charge in [0.15, 0.2) is 0 Å². The van der Waals surface area contributed by atoms with Crippen molar-refractivity contribution >= 4 is 23.4 Å². The Morgan fingerprint density at radius 2 is 2.05 bits per heavy atom. The van der Waals surface area contributed by atoms with Gasteiger partial charge in [0.25, 0.3) is 0 Å². The van der Waals surface area contributed by atoms with E-state index in [0.29, 0.717) is 17.9 Å². The van der Waals surface area contributed by atoms with Crippen molar-refractivity contribution in [2.75, 3.05) is 0 Å². The summed E-state index contributed by atoms with van der Waals surface area (Å²) in [5.74, 6) is -0.116. The van der Waals surface area contributed by atoms with Gasteiger partial charge in [0.2, 0.25) is 11.8 Å². The molecule has 1 fully saturated rings. The highest BCUT2D eigenvalue weighted by Gasteiger charge is 2.28. The fourth-order valence-electron chi connectivity index (χ4n) is 3.19. The molecule has 2 aliphatic rings. The standard InChI is InChI=1S/C16H19ClN2O2/c17-11-8-7-10-3-1-4-13(12(10)9-11)19-16(21)14-5-2-6-15(20)18-14/h7-9,13-14H,1-6H2,(H,18,20)(H,19,21)/t13-,14-/m1/s1. The fraction of sp³-hybridized carbons (Fsp3) is 0.500. The molecule has 2 amide bonds. The van der Waals surface area contributed by atoms with Crippen molar-refractivity contribution in [3.05, 3.63) is 34.3 Å². The highest BCUT2D eigenvalue weighted by atomic mass is 35.5.